The van der Waals surface area contributed by atoms with Gasteiger partial charge in [-0.3, -0.25) is 4.79 Å². The second kappa shape index (κ2) is 8.43. The molecular weight excluding hydrogens is 416 g/mol. The number of methoxy groups -OCH3 is 1. The summed E-state index contributed by atoms with van der Waals surface area (Å²) in [7, 11) is -1.12. The van der Waals surface area contributed by atoms with Gasteiger partial charge in [-0.25, -0.2) is 4.31 Å². The van der Waals surface area contributed by atoms with Crippen LogP contribution in [0.2, 0.25) is 0 Å². The van der Waals surface area contributed by atoms with Gasteiger partial charge in [0.15, 0.2) is 0 Å². The molecule has 0 aromatic heterocycles. The topological polar surface area (TPSA) is 82.5 Å². The molecule has 1 amide bonds. The molecule has 162 valence electrons. The number of benzene rings is 2. The normalized spacial score (nSPS) is 18.3. The van der Waals surface area contributed by atoms with Crippen LogP contribution in [0.1, 0.15) is 5.56 Å². The molecule has 2 aromatic carbocycles. The Morgan fingerprint density at radius 2 is 1.71 bits per heavy atom. The number of amides is 1. The molecule has 0 spiro atoms. The summed E-state index contributed by atoms with van der Waals surface area (Å²) in [5.41, 5.74) is 1.97. The van der Waals surface area contributed by atoms with Gasteiger partial charge in [-0.15, -0.1) is 4.40 Å². The molecule has 9 heteroatoms. The van der Waals surface area contributed by atoms with Crippen molar-refractivity contribution < 1.29 is 17.9 Å². The van der Waals surface area contributed by atoms with Crippen LogP contribution in [0.4, 0.5) is 5.69 Å². The molecule has 31 heavy (non-hydrogen) atoms. The van der Waals surface area contributed by atoms with E-state index >= 15 is 0 Å². The van der Waals surface area contributed by atoms with E-state index in [1.165, 1.54) is 20.2 Å². The van der Waals surface area contributed by atoms with Crippen molar-refractivity contribution in [2.75, 3.05) is 45.2 Å². The van der Waals surface area contributed by atoms with Crippen LogP contribution >= 0.6 is 0 Å². The van der Waals surface area contributed by atoms with E-state index in [0.717, 1.165) is 9.99 Å². The first-order valence-electron chi connectivity index (χ1n) is 9.93. The molecule has 2 heterocycles. The summed E-state index contributed by atoms with van der Waals surface area (Å²) in [5.74, 6) is 0.254. The van der Waals surface area contributed by atoms with E-state index in [0.29, 0.717) is 37.5 Å². The fourth-order valence-corrected chi connectivity index (χ4v) is 4.55. The molecule has 2 aliphatic rings. The van der Waals surface area contributed by atoms with Gasteiger partial charge in [-0.05, 0) is 30.3 Å². The van der Waals surface area contributed by atoms with Crippen molar-refractivity contribution in [1.82, 2.24) is 9.21 Å². The zero-order valence-electron chi connectivity index (χ0n) is 17.4. The highest BCUT2D eigenvalue weighted by Gasteiger charge is 2.33. The number of para-hydroxylation sites is 1. The average Bonchev–Trinajstić information content (AvgIpc) is 2.81. The van der Waals surface area contributed by atoms with Crippen LogP contribution in [0.3, 0.4) is 0 Å². The van der Waals surface area contributed by atoms with Crippen LogP contribution in [0.25, 0.3) is 0 Å². The summed E-state index contributed by atoms with van der Waals surface area (Å²) in [5, 5.41) is 0. The predicted molar refractivity (Wildman–Crippen MR) is 120 cm³/mol. The summed E-state index contributed by atoms with van der Waals surface area (Å²) < 4.78 is 35.3. The fourth-order valence-electron chi connectivity index (χ4n) is 3.64. The number of hydrogen-bond acceptors (Lipinski definition) is 5. The molecule has 0 aliphatic carbocycles. The Kier molecular flexibility index (Phi) is 5.69. The van der Waals surface area contributed by atoms with Gasteiger partial charge in [0.05, 0.1) is 12.8 Å². The Morgan fingerprint density at radius 3 is 2.39 bits per heavy atom. The van der Waals surface area contributed by atoms with Crippen LogP contribution < -0.4 is 9.64 Å². The van der Waals surface area contributed by atoms with E-state index in [2.05, 4.69) is 9.30 Å². The lowest BCUT2D eigenvalue weighted by atomic mass is 10.1. The Labute approximate surface area is 182 Å². The minimum atomic E-state index is -4.01. The quantitative estimate of drug-likeness (QED) is 0.725. The molecule has 0 bridgehead atoms. The van der Waals surface area contributed by atoms with E-state index in [4.69, 9.17) is 4.74 Å². The highest BCUT2D eigenvalue weighted by Crippen LogP contribution is 2.24. The van der Waals surface area contributed by atoms with Crippen LogP contribution in [0, 0.1) is 0 Å². The van der Waals surface area contributed by atoms with Crippen LogP contribution in [0.5, 0.6) is 5.75 Å². The van der Waals surface area contributed by atoms with Gasteiger partial charge in [-0.1, -0.05) is 30.3 Å². The number of ether oxygens (including phenoxy) is 1. The zero-order chi connectivity index (χ0) is 22.0. The Morgan fingerprint density at radius 1 is 1.00 bits per heavy atom. The standard InChI is InChI=1S/C22H24N4O4S/c1-24-21(16-20(23-31(24,28)29)17-7-6-10-19(15-17)30-2)22(27)26-13-11-25(12-14-26)18-8-4-3-5-9-18/h3-10,15-16H,11-14H2,1-2H3. The molecule has 8 nitrogen and oxygen atoms in total. The molecule has 2 aliphatic heterocycles. The molecule has 1 fully saturated rings. The Bertz CT molecular complexity index is 1140. The number of likely N-dealkylation sites (N-methyl/N-ethyl adjacent to an activating group) is 1. The molecule has 0 radical (unpaired) electrons. The molecular formula is C22H24N4O4S. The molecule has 0 unspecified atom stereocenters. The third-order valence-electron chi connectivity index (χ3n) is 5.45. The second-order valence-corrected chi connectivity index (χ2v) is 8.92. The first-order valence-corrected chi connectivity index (χ1v) is 11.3. The predicted octanol–water partition coefficient (Wildman–Crippen LogP) is 1.91. The average molecular weight is 441 g/mol. The zero-order valence-corrected chi connectivity index (χ0v) is 18.2. The van der Waals surface area contributed by atoms with Crippen LogP contribution in [-0.2, 0) is 15.0 Å². The lowest BCUT2D eigenvalue weighted by Gasteiger charge is -2.37. The number of rotatable bonds is 4. The molecule has 0 N–H and O–H groups in total. The number of anilines is 1. The van der Waals surface area contributed by atoms with E-state index in [1.54, 1.807) is 29.2 Å². The maximum atomic E-state index is 13.2. The lowest BCUT2D eigenvalue weighted by molar-refractivity contribution is -0.128. The van der Waals surface area contributed by atoms with Gasteiger partial charge < -0.3 is 14.5 Å². The molecule has 4 rings (SSSR count). The van der Waals surface area contributed by atoms with Crippen molar-refractivity contribution in [2.24, 2.45) is 4.40 Å². The van der Waals surface area contributed by atoms with Crippen molar-refractivity contribution >= 4 is 27.5 Å². The first-order chi connectivity index (χ1) is 14.9. The number of carbonyl (C=O) groups is 1. The third-order valence-corrected chi connectivity index (χ3v) is 6.76. The van der Waals surface area contributed by atoms with Crippen molar-refractivity contribution in [2.45, 2.75) is 0 Å². The Balaban J connectivity index is 1.56. The monoisotopic (exact) mass is 440 g/mol. The van der Waals surface area contributed by atoms with E-state index in [9.17, 15) is 13.2 Å². The fraction of sp³-hybridized carbons (Fsp3) is 0.273. The maximum absolute atomic E-state index is 13.2. The highest BCUT2D eigenvalue weighted by atomic mass is 32.2. The number of carbonyl (C=O) groups excluding carboxylic acids is 1. The molecule has 2 aromatic rings. The summed E-state index contributed by atoms with van der Waals surface area (Å²) in [6.07, 6.45) is 1.53. The Hall–Kier alpha value is -3.33. The molecule has 0 atom stereocenters. The summed E-state index contributed by atoms with van der Waals surface area (Å²) in [6.45, 7) is 2.36. The van der Waals surface area contributed by atoms with Gasteiger partial charge in [0.2, 0.25) is 0 Å². The van der Waals surface area contributed by atoms with Crippen molar-refractivity contribution in [3.8, 4) is 5.75 Å². The number of allylic oxidation sites excluding steroid dienone is 1. The van der Waals surface area contributed by atoms with Gasteiger partial charge in [-0.2, -0.15) is 8.42 Å². The smallest absolute Gasteiger partial charge is 0.345 e. The SMILES string of the molecule is COc1cccc(C2=NS(=O)(=O)N(C)C(C(=O)N3CCN(c4ccccc4)CC3)=C2)c1. The largest absolute Gasteiger partial charge is 0.497 e. The van der Waals surface area contributed by atoms with E-state index in [1.807, 2.05) is 30.3 Å². The van der Waals surface area contributed by atoms with Gasteiger partial charge in [0.1, 0.15) is 11.4 Å². The third kappa shape index (κ3) is 4.27. The number of nitrogens with zero attached hydrogens (tertiary/aromatic N) is 4. The van der Waals surface area contributed by atoms with Gasteiger partial charge in [0, 0.05) is 44.5 Å². The first kappa shape index (κ1) is 20.9. The molecule has 1 saturated heterocycles. The summed E-state index contributed by atoms with van der Waals surface area (Å²) in [6, 6.07) is 17.0. The van der Waals surface area contributed by atoms with Gasteiger partial charge in [0.25, 0.3) is 5.91 Å². The van der Waals surface area contributed by atoms with E-state index in [-0.39, 0.29) is 17.3 Å². The van der Waals surface area contributed by atoms with E-state index < -0.39 is 10.2 Å². The highest BCUT2D eigenvalue weighted by molar-refractivity contribution is 7.88. The number of hydrogen-bond donors (Lipinski definition) is 0. The maximum Gasteiger partial charge on any atom is 0.345 e. The lowest BCUT2D eigenvalue weighted by Crippen LogP contribution is -2.51. The summed E-state index contributed by atoms with van der Waals surface area (Å²) >= 11 is 0. The second-order valence-electron chi connectivity index (χ2n) is 7.30. The summed E-state index contributed by atoms with van der Waals surface area (Å²) in [4.78, 5) is 17.1. The minimum Gasteiger partial charge on any atom is -0.497 e. The van der Waals surface area contributed by atoms with Crippen LogP contribution in [0.15, 0.2) is 70.8 Å². The molecule has 0 saturated carbocycles. The van der Waals surface area contributed by atoms with Crippen molar-refractivity contribution in [3.63, 3.8) is 0 Å². The van der Waals surface area contributed by atoms with Crippen molar-refractivity contribution in [1.29, 1.82) is 0 Å². The van der Waals surface area contributed by atoms with Gasteiger partial charge >= 0.3 is 10.2 Å². The minimum absolute atomic E-state index is 0.0842. The van der Waals surface area contributed by atoms with Crippen molar-refractivity contribution in [3.05, 3.63) is 71.9 Å². The van der Waals surface area contributed by atoms with Crippen LogP contribution in [-0.4, -0.2) is 69.6 Å². The number of piperazine rings is 1.